The molecule has 2 rings (SSSR count). The van der Waals surface area contributed by atoms with E-state index >= 15 is 0 Å². The second-order valence-corrected chi connectivity index (χ2v) is 7.97. The molecule has 1 aliphatic heterocycles. The van der Waals surface area contributed by atoms with E-state index in [1.165, 1.54) is 4.90 Å². The van der Waals surface area contributed by atoms with E-state index in [-0.39, 0.29) is 25.2 Å². The van der Waals surface area contributed by atoms with E-state index in [0.29, 0.717) is 6.07 Å². The summed E-state index contributed by atoms with van der Waals surface area (Å²) in [7, 11) is -4.38. The van der Waals surface area contributed by atoms with Crippen LogP contribution in [0.3, 0.4) is 0 Å². The zero-order chi connectivity index (χ0) is 19.9. The Morgan fingerprint density at radius 1 is 1.23 bits per heavy atom. The second kappa shape index (κ2) is 6.88. The number of carbonyl (C=O) groups excluding carboxylic acids is 1. The molecule has 0 spiro atoms. The Labute approximate surface area is 148 Å². The van der Waals surface area contributed by atoms with Gasteiger partial charge in [-0.1, -0.05) is 0 Å². The molecule has 0 aromatic heterocycles. The van der Waals surface area contributed by atoms with Crippen molar-refractivity contribution in [2.24, 2.45) is 0 Å². The summed E-state index contributed by atoms with van der Waals surface area (Å²) in [5.74, 6) is -2.27. The van der Waals surface area contributed by atoms with Crippen molar-refractivity contribution in [2.75, 3.05) is 19.6 Å². The van der Waals surface area contributed by atoms with Crippen LogP contribution in [0.25, 0.3) is 0 Å². The quantitative estimate of drug-likeness (QED) is 0.838. The Hall–Kier alpha value is -2.14. The van der Waals surface area contributed by atoms with Crippen molar-refractivity contribution in [3.63, 3.8) is 0 Å². The number of carboxylic acids is 1. The summed E-state index contributed by atoms with van der Waals surface area (Å²) in [6.07, 6.45) is -5.04. The highest BCUT2D eigenvalue weighted by Crippen LogP contribution is 2.34. The first-order valence-electron chi connectivity index (χ1n) is 7.60. The van der Waals surface area contributed by atoms with Crippen LogP contribution in [0.2, 0.25) is 0 Å². The van der Waals surface area contributed by atoms with Crippen LogP contribution in [-0.2, 0) is 21.0 Å². The van der Waals surface area contributed by atoms with Crippen molar-refractivity contribution >= 4 is 21.9 Å². The van der Waals surface area contributed by atoms with E-state index in [2.05, 4.69) is 0 Å². The van der Waals surface area contributed by atoms with Crippen LogP contribution in [-0.4, -0.2) is 60.3 Å². The number of amides is 1. The van der Waals surface area contributed by atoms with Crippen LogP contribution in [0.4, 0.5) is 13.2 Å². The van der Waals surface area contributed by atoms with E-state index in [9.17, 15) is 31.2 Å². The van der Waals surface area contributed by atoms with Crippen molar-refractivity contribution in [3.8, 4) is 0 Å². The first-order chi connectivity index (χ1) is 11.9. The third-order valence-electron chi connectivity index (χ3n) is 4.01. The maximum absolute atomic E-state index is 13.1. The molecule has 7 nitrogen and oxygen atoms in total. The molecular formula is C15H17F3N2O5S. The van der Waals surface area contributed by atoms with Crippen LogP contribution in [0.1, 0.15) is 29.8 Å². The topological polar surface area (TPSA) is 95.0 Å². The molecule has 1 amide bonds. The molecule has 1 aromatic carbocycles. The second-order valence-electron chi connectivity index (χ2n) is 6.03. The summed E-state index contributed by atoms with van der Waals surface area (Å²) >= 11 is 0. The van der Waals surface area contributed by atoms with E-state index in [1.54, 1.807) is 13.8 Å². The zero-order valence-electron chi connectivity index (χ0n) is 13.9. The summed E-state index contributed by atoms with van der Waals surface area (Å²) in [5.41, 5.74) is -2.60. The Kier molecular flexibility index (Phi) is 5.34. The minimum absolute atomic E-state index is 0.0612. The molecule has 11 heteroatoms. The molecule has 1 heterocycles. The minimum Gasteiger partial charge on any atom is -0.478 e. The highest BCUT2D eigenvalue weighted by atomic mass is 32.2. The predicted octanol–water partition coefficient (Wildman–Crippen LogP) is 1.64. The van der Waals surface area contributed by atoms with Crippen molar-refractivity contribution in [1.82, 2.24) is 9.21 Å². The van der Waals surface area contributed by atoms with Gasteiger partial charge in [-0.05, 0) is 32.0 Å². The summed E-state index contributed by atoms with van der Waals surface area (Å²) in [6.45, 7) is 3.11. The highest BCUT2D eigenvalue weighted by Gasteiger charge is 2.39. The number of rotatable bonds is 4. The van der Waals surface area contributed by atoms with E-state index in [4.69, 9.17) is 5.11 Å². The molecule has 1 N–H and O–H groups in total. The molecule has 1 aliphatic rings. The van der Waals surface area contributed by atoms with E-state index in [1.807, 2.05) is 0 Å². The lowest BCUT2D eigenvalue weighted by atomic mass is 10.1. The molecule has 1 aromatic rings. The van der Waals surface area contributed by atoms with Crippen LogP contribution in [0, 0.1) is 0 Å². The Morgan fingerprint density at radius 3 is 2.31 bits per heavy atom. The number of piperazine rings is 1. The van der Waals surface area contributed by atoms with Crippen molar-refractivity contribution in [1.29, 1.82) is 0 Å². The maximum atomic E-state index is 13.1. The van der Waals surface area contributed by atoms with Gasteiger partial charge in [-0.3, -0.25) is 4.79 Å². The van der Waals surface area contributed by atoms with E-state index in [0.717, 1.165) is 10.4 Å². The van der Waals surface area contributed by atoms with Gasteiger partial charge in [-0.15, -0.1) is 0 Å². The number of carbonyl (C=O) groups is 2. The van der Waals surface area contributed by atoms with Crippen molar-refractivity contribution < 1.29 is 36.3 Å². The predicted molar refractivity (Wildman–Crippen MR) is 84.0 cm³/mol. The van der Waals surface area contributed by atoms with Crippen molar-refractivity contribution in [2.45, 2.75) is 31.0 Å². The number of sulfonamides is 1. The molecule has 0 aliphatic carbocycles. The molecular weight excluding hydrogens is 377 g/mol. The fourth-order valence-corrected chi connectivity index (χ4v) is 4.08. The number of benzene rings is 1. The normalized spacial score (nSPS) is 17.0. The molecule has 0 unspecified atom stereocenters. The van der Waals surface area contributed by atoms with Crippen LogP contribution in [0.15, 0.2) is 23.1 Å². The fraction of sp³-hybridized carbons (Fsp3) is 0.467. The number of halogens is 3. The Morgan fingerprint density at radius 2 is 1.85 bits per heavy atom. The maximum Gasteiger partial charge on any atom is 0.417 e. The lowest BCUT2D eigenvalue weighted by molar-refractivity contribution is -0.138. The van der Waals surface area contributed by atoms with Gasteiger partial charge in [-0.2, -0.15) is 17.5 Å². The zero-order valence-corrected chi connectivity index (χ0v) is 14.8. The average molecular weight is 394 g/mol. The standard InChI is InChI=1S/C15H17F3N2O5S/c1-9(2)20-6-5-19(8-13(20)21)26(24,25)10-3-4-11(14(22)23)12(7-10)15(16,17)18/h3-4,7,9H,5-6,8H2,1-2H3,(H,22,23). The number of hydrogen-bond donors (Lipinski definition) is 1. The molecule has 0 bridgehead atoms. The molecule has 0 radical (unpaired) electrons. The molecule has 0 saturated carbocycles. The van der Waals surface area contributed by atoms with Crippen molar-refractivity contribution in [3.05, 3.63) is 29.3 Å². The van der Waals surface area contributed by atoms with Gasteiger partial charge in [0.2, 0.25) is 15.9 Å². The van der Waals surface area contributed by atoms with Gasteiger partial charge in [0.25, 0.3) is 0 Å². The largest absolute Gasteiger partial charge is 0.478 e. The fourth-order valence-electron chi connectivity index (χ4n) is 2.67. The number of aromatic carboxylic acids is 1. The number of carboxylic acid groups (broad SMARTS) is 1. The minimum atomic E-state index is -5.04. The SMILES string of the molecule is CC(C)N1CCN(S(=O)(=O)c2ccc(C(=O)O)c(C(F)(F)F)c2)CC1=O. The highest BCUT2D eigenvalue weighted by molar-refractivity contribution is 7.89. The molecule has 0 atom stereocenters. The Bertz CT molecular complexity index is 836. The third-order valence-corrected chi connectivity index (χ3v) is 5.85. The van der Waals surface area contributed by atoms with Crippen LogP contribution >= 0.6 is 0 Å². The van der Waals surface area contributed by atoms with Gasteiger partial charge in [0.05, 0.1) is 22.6 Å². The summed E-state index contributed by atoms with van der Waals surface area (Å²) in [4.78, 5) is 23.8. The van der Waals surface area contributed by atoms with Gasteiger partial charge < -0.3 is 10.0 Å². The Balaban J connectivity index is 2.41. The monoisotopic (exact) mass is 394 g/mol. The lowest BCUT2D eigenvalue weighted by Gasteiger charge is -2.36. The number of alkyl halides is 3. The molecule has 1 fully saturated rings. The summed E-state index contributed by atoms with van der Waals surface area (Å²) < 4.78 is 65.3. The first-order valence-corrected chi connectivity index (χ1v) is 9.04. The summed E-state index contributed by atoms with van der Waals surface area (Å²) in [5, 5.41) is 8.88. The summed E-state index contributed by atoms with van der Waals surface area (Å²) in [6, 6.07) is 1.56. The average Bonchev–Trinajstić information content (AvgIpc) is 2.52. The molecule has 144 valence electrons. The van der Waals surface area contributed by atoms with Gasteiger partial charge in [0.15, 0.2) is 0 Å². The molecule has 26 heavy (non-hydrogen) atoms. The number of hydrogen-bond acceptors (Lipinski definition) is 4. The van der Waals surface area contributed by atoms with Crippen LogP contribution < -0.4 is 0 Å². The lowest BCUT2D eigenvalue weighted by Crippen LogP contribution is -2.54. The third kappa shape index (κ3) is 3.83. The van der Waals surface area contributed by atoms with Gasteiger partial charge in [0.1, 0.15) is 0 Å². The van der Waals surface area contributed by atoms with E-state index < -0.39 is 50.6 Å². The van der Waals surface area contributed by atoms with Gasteiger partial charge in [-0.25, -0.2) is 13.2 Å². The van der Waals surface area contributed by atoms with Gasteiger partial charge in [0, 0.05) is 19.1 Å². The molecule has 1 saturated heterocycles. The number of nitrogens with zero attached hydrogens (tertiary/aromatic N) is 2. The smallest absolute Gasteiger partial charge is 0.417 e. The van der Waals surface area contributed by atoms with Crippen LogP contribution in [0.5, 0.6) is 0 Å². The first kappa shape index (κ1) is 20.2. The van der Waals surface area contributed by atoms with Gasteiger partial charge >= 0.3 is 12.1 Å².